The molecule has 0 atom stereocenters. The first-order valence-corrected chi connectivity index (χ1v) is 7.84. The first-order chi connectivity index (χ1) is 11.1. The zero-order valence-corrected chi connectivity index (χ0v) is 13.7. The topological polar surface area (TPSA) is 54.0 Å². The molecule has 2 N–H and O–H groups in total. The highest BCUT2D eigenvalue weighted by Gasteiger charge is 2.11. The number of carbonyl (C=O) groups excluding carboxylic acids is 1. The first-order valence-electron chi connectivity index (χ1n) is 7.84. The van der Waals surface area contributed by atoms with Crippen molar-refractivity contribution in [2.45, 2.75) is 19.8 Å². The molecule has 1 amide bonds. The lowest BCUT2D eigenvalue weighted by molar-refractivity contribution is 0.0958. The summed E-state index contributed by atoms with van der Waals surface area (Å²) in [6, 6.07) is 13.9. The normalized spacial score (nSPS) is 10.2. The van der Waals surface area contributed by atoms with Crippen molar-refractivity contribution in [3.8, 4) is 0 Å². The van der Waals surface area contributed by atoms with Crippen molar-refractivity contribution in [3.63, 3.8) is 0 Å². The van der Waals surface area contributed by atoms with E-state index in [1.807, 2.05) is 24.3 Å². The van der Waals surface area contributed by atoms with Gasteiger partial charge in [0, 0.05) is 37.0 Å². The number of nitrogens with one attached hydrogen (secondary N) is 2. The molecule has 4 heteroatoms. The smallest absolute Gasteiger partial charge is 0.269 e. The van der Waals surface area contributed by atoms with Crippen LogP contribution in [-0.2, 0) is 6.42 Å². The van der Waals surface area contributed by atoms with E-state index in [4.69, 9.17) is 0 Å². The van der Waals surface area contributed by atoms with Crippen LogP contribution in [0.3, 0.4) is 0 Å². The maximum atomic E-state index is 12.0. The van der Waals surface area contributed by atoms with Crippen LogP contribution in [0.5, 0.6) is 0 Å². The standard InChI is InChI=1S/C19H23N3O/c1-4-10-21-14(2)16-12-17(11-15-8-6-5-7-9-15)22-18(13-16)19(23)20-3/h5-9,12-13,21H,2,4,10-11H2,1,3H3,(H,20,23). The Hall–Kier alpha value is -2.62. The van der Waals surface area contributed by atoms with Gasteiger partial charge in [-0.3, -0.25) is 4.79 Å². The number of amides is 1. The van der Waals surface area contributed by atoms with Crippen molar-refractivity contribution < 1.29 is 4.79 Å². The molecule has 0 unspecified atom stereocenters. The van der Waals surface area contributed by atoms with E-state index < -0.39 is 0 Å². The van der Waals surface area contributed by atoms with E-state index in [-0.39, 0.29) is 5.91 Å². The van der Waals surface area contributed by atoms with Crippen molar-refractivity contribution in [2.24, 2.45) is 0 Å². The van der Waals surface area contributed by atoms with E-state index in [9.17, 15) is 4.79 Å². The van der Waals surface area contributed by atoms with Gasteiger partial charge < -0.3 is 10.6 Å². The molecular weight excluding hydrogens is 286 g/mol. The zero-order chi connectivity index (χ0) is 16.7. The number of nitrogens with zero attached hydrogens (tertiary/aromatic N) is 1. The summed E-state index contributed by atoms with van der Waals surface area (Å²) in [6.45, 7) is 7.02. The molecule has 1 aromatic carbocycles. The van der Waals surface area contributed by atoms with Gasteiger partial charge in [-0.2, -0.15) is 0 Å². The SMILES string of the molecule is C=C(NCCC)c1cc(Cc2ccccc2)nc(C(=O)NC)c1. The highest BCUT2D eigenvalue weighted by molar-refractivity contribution is 5.92. The molecule has 2 rings (SSSR count). The number of hydrogen-bond acceptors (Lipinski definition) is 3. The molecule has 0 bridgehead atoms. The molecule has 0 radical (unpaired) electrons. The number of carbonyl (C=O) groups is 1. The van der Waals surface area contributed by atoms with Gasteiger partial charge >= 0.3 is 0 Å². The number of aromatic nitrogens is 1. The third-order valence-corrected chi connectivity index (χ3v) is 3.50. The van der Waals surface area contributed by atoms with Gasteiger partial charge in [0.25, 0.3) is 5.91 Å². The predicted octanol–water partition coefficient (Wildman–Crippen LogP) is 3.00. The third kappa shape index (κ3) is 4.68. The molecule has 0 aliphatic rings. The molecule has 1 heterocycles. The summed E-state index contributed by atoms with van der Waals surface area (Å²) in [6.07, 6.45) is 1.70. The van der Waals surface area contributed by atoms with Crippen LogP contribution in [0, 0.1) is 0 Å². The predicted molar refractivity (Wildman–Crippen MR) is 94.2 cm³/mol. The fourth-order valence-corrected chi connectivity index (χ4v) is 2.28. The summed E-state index contributed by atoms with van der Waals surface area (Å²) in [5.74, 6) is -0.190. The molecule has 2 aromatic rings. The summed E-state index contributed by atoms with van der Waals surface area (Å²) < 4.78 is 0. The highest BCUT2D eigenvalue weighted by atomic mass is 16.1. The van der Waals surface area contributed by atoms with Gasteiger partial charge in [0.2, 0.25) is 0 Å². The van der Waals surface area contributed by atoms with Crippen LogP contribution in [0.4, 0.5) is 0 Å². The quantitative estimate of drug-likeness (QED) is 0.826. The second-order valence-corrected chi connectivity index (χ2v) is 5.38. The maximum Gasteiger partial charge on any atom is 0.269 e. The van der Waals surface area contributed by atoms with Crippen molar-refractivity contribution in [3.05, 3.63) is 71.6 Å². The Bertz CT molecular complexity index is 680. The summed E-state index contributed by atoms with van der Waals surface area (Å²) in [4.78, 5) is 16.5. The van der Waals surface area contributed by atoms with Crippen molar-refractivity contribution in [1.82, 2.24) is 15.6 Å². The van der Waals surface area contributed by atoms with Gasteiger partial charge in [0.1, 0.15) is 5.69 Å². The van der Waals surface area contributed by atoms with Crippen molar-refractivity contribution >= 4 is 11.6 Å². The van der Waals surface area contributed by atoms with Crippen LogP contribution < -0.4 is 10.6 Å². The number of rotatable bonds is 7. The molecule has 0 fully saturated rings. The minimum absolute atomic E-state index is 0.190. The van der Waals surface area contributed by atoms with E-state index >= 15 is 0 Å². The average molecular weight is 309 g/mol. The summed E-state index contributed by atoms with van der Waals surface area (Å²) in [7, 11) is 1.61. The Morgan fingerprint density at radius 3 is 2.61 bits per heavy atom. The molecule has 120 valence electrons. The fourth-order valence-electron chi connectivity index (χ4n) is 2.28. The monoisotopic (exact) mass is 309 g/mol. The average Bonchev–Trinajstić information content (AvgIpc) is 2.59. The van der Waals surface area contributed by atoms with Gasteiger partial charge in [0.05, 0.1) is 0 Å². The van der Waals surface area contributed by atoms with Crippen LogP contribution in [-0.4, -0.2) is 24.5 Å². The van der Waals surface area contributed by atoms with Crippen LogP contribution in [0.2, 0.25) is 0 Å². The molecule has 1 aromatic heterocycles. The lowest BCUT2D eigenvalue weighted by Gasteiger charge is -2.12. The Morgan fingerprint density at radius 2 is 1.96 bits per heavy atom. The second kappa shape index (κ2) is 8.13. The van der Waals surface area contributed by atoms with Crippen LogP contribution in [0.15, 0.2) is 49.0 Å². The highest BCUT2D eigenvalue weighted by Crippen LogP contribution is 2.16. The molecule has 0 aliphatic carbocycles. The molecule has 23 heavy (non-hydrogen) atoms. The molecule has 4 nitrogen and oxygen atoms in total. The Kier molecular flexibility index (Phi) is 5.92. The lowest BCUT2D eigenvalue weighted by atomic mass is 10.1. The number of benzene rings is 1. The summed E-state index contributed by atoms with van der Waals surface area (Å²) >= 11 is 0. The van der Waals surface area contributed by atoms with Gasteiger partial charge in [-0.1, -0.05) is 43.8 Å². The molecule has 0 aliphatic heterocycles. The minimum Gasteiger partial charge on any atom is -0.385 e. The van der Waals surface area contributed by atoms with E-state index in [1.165, 1.54) is 0 Å². The second-order valence-electron chi connectivity index (χ2n) is 5.38. The lowest BCUT2D eigenvalue weighted by Crippen LogP contribution is -2.21. The molecular formula is C19H23N3O. The summed E-state index contributed by atoms with van der Waals surface area (Å²) in [5.41, 5.74) is 4.14. The zero-order valence-electron chi connectivity index (χ0n) is 13.7. The van der Waals surface area contributed by atoms with E-state index in [1.54, 1.807) is 13.1 Å². The van der Waals surface area contributed by atoms with E-state index in [2.05, 4.69) is 41.3 Å². The first kappa shape index (κ1) is 16.7. The largest absolute Gasteiger partial charge is 0.385 e. The van der Waals surface area contributed by atoms with Crippen LogP contribution in [0.25, 0.3) is 5.70 Å². The Labute approximate surface area is 137 Å². The van der Waals surface area contributed by atoms with Gasteiger partial charge in [-0.05, 0) is 24.1 Å². The number of pyridine rings is 1. The molecule has 0 saturated heterocycles. The molecule has 0 spiro atoms. The maximum absolute atomic E-state index is 12.0. The van der Waals surface area contributed by atoms with Crippen LogP contribution in [0.1, 0.15) is 40.7 Å². The van der Waals surface area contributed by atoms with Gasteiger partial charge in [-0.25, -0.2) is 4.98 Å². The van der Waals surface area contributed by atoms with Crippen LogP contribution >= 0.6 is 0 Å². The molecule has 0 saturated carbocycles. The number of hydrogen-bond donors (Lipinski definition) is 2. The summed E-state index contributed by atoms with van der Waals surface area (Å²) in [5, 5.41) is 5.90. The van der Waals surface area contributed by atoms with E-state index in [0.717, 1.165) is 35.5 Å². The fraction of sp³-hybridized carbons (Fsp3) is 0.263. The van der Waals surface area contributed by atoms with Gasteiger partial charge in [0.15, 0.2) is 0 Å². The van der Waals surface area contributed by atoms with Crippen molar-refractivity contribution in [1.29, 1.82) is 0 Å². The van der Waals surface area contributed by atoms with E-state index in [0.29, 0.717) is 12.1 Å². The Morgan fingerprint density at radius 1 is 1.22 bits per heavy atom. The van der Waals surface area contributed by atoms with Gasteiger partial charge in [-0.15, -0.1) is 0 Å². The Balaban J connectivity index is 2.33. The van der Waals surface area contributed by atoms with Crippen molar-refractivity contribution in [2.75, 3.05) is 13.6 Å². The minimum atomic E-state index is -0.190. The third-order valence-electron chi connectivity index (χ3n) is 3.50.